The van der Waals surface area contributed by atoms with Crippen molar-refractivity contribution in [3.63, 3.8) is 0 Å². The molecule has 0 N–H and O–H groups in total. The van der Waals surface area contributed by atoms with Crippen molar-refractivity contribution >= 4 is 59.4 Å². The van der Waals surface area contributed by atoms with E-state index in [1.165, 1.54) is 12.1 Å². The normalized spacial score (nSPS) is 13.1. The Morgan fingerprint density at radius 3 is 1.60 bits per heavy atom. The molecule has 0 amide bonds. The summed E-state index contributed by atoms with van der Waals surface area (Å²) in [7, 11) is 0. The van der Waals surface area contributed by atoms with Gasteiger partial charge in [-0.2, -0.15) is 0 Å². The van der Waals surface area contributed by atoms with Crippen LogP contribution >= 0.6 is 28.5 Å². The predicted molar refractivity (Wildman–Crippen MR) is 130 cm³/mol. The molecule has 0 aliphatic rings. The van der Waals surface area contributed by atoms with Crippen LogP contribution in [0.3, 0.4) is 0 Å². The summed E-state index contributed by atoms with van der Waals surface area (Å²) in [6, 6.07) is 35.3. The van der Waals surface area contributed by atoms with E-state index in [0.717, 1.165) is 25.4 Å². The molecular weight excluding hydrogens is 432 g/mol. The van der Waals surface area contributed by atoms with E-state index >= 15 is 0 Å². The molecule has 0 aliphatic heterocycles. The van der Waals surface area contributed by atoms with Crippen LogP contribution in [0, 0.1) is 5.82 Å². The zero-order valence-electron chi connectivity index (χ0n) is 16.0. The van der Waals surface area contributed by atoms with Gasteiger partial charge >= 0.3 is 184 Å². The van der Waals surface area contributed by atoms with Crippen molar-refractivity contribution in [3.8, 4) is 0 Å². The van der Waals surface area contributed by atoms with Crippen LogP contribution in [-0.2, 0) is 0 Å². The molecule has 1 nitrogen and oxygen atoms in total. The van der Waals surface area contributed by atoms with E-state index in [9.17, 15) is 4.39 Å². The summed E-state index contributed by atoms with van der Waals surface area (Å²) in [6.45, 7) is 0. The molecule has 148 valence electrons. The number of thiazole rings is 1. The quantitative estimate of drug-likeness (QED) is 0.319. The molecule has 1 aromatic heterocycles. The minimum absolute atomic E-state index is 0.298. The zero-order chi connectivity index (χ0) is 20.6. The molecule has 0 saturated heterocycles. The number of halogens is 2. The van der Waals surface area contributed by atoms with E-state index in [4.69, 9.17) is 16.2 Å². The number of hydrogen-bond acceptors (Lipinski definition) is 2. The maximum atomic E-state index is 13.9. The van der Waals surface area contributed by atoms with E-state index in [0.29, 0.717) is 5.52 Å². The van der Waals surface area contributed by atoms with Crippen molar-refractivity contribution in [1.82, 2.24) is 4.98 Å². The first-order valence-electron chi connectivity index (χ1n) is 9.58. The second kappa shape index (κ2) is 7.28. The monoisotopic (exact) mass is 449 g/mol. The van der Waals surface area contributed by atoms with Crippen LogP contribution in [-0.4, -0.2) is 4.98 Å². The summed E-state index contributed by atoms with van der Waals surface area (Å²) in [4.78, 5) is 4.95. The molecule has 0 fully saturated rings. The Balaban J connectivity index is 1.99. The van der Waals surface area contributed by atoms with Gasteiger partial charge in [-0.1, -0.05) is 0 Å². The third kappa shape index (κ3) is 2.74. The Kier molecular flexibility index (Phi) is 4.71. The van der Waals surface area contributed by atoms with Crippen LogP contribution in [0.1, 0.15) is 0 Å². The second-order valence-corrected chi connectivity index (χ2v) is 14.5. The van der Waals surface area contributed by atoms with E-state index < -0.39 is 5.96 Å². The maximum absolute atomic E-state index is 13.9. The molecule has 5 heteroatoms. The Hall–Kier alpha value is -2.58. The molecule has 0 atom stereocenters. The van der Waals surface area contributed by atoms with Gasteiger partial charge in [-0.15, -0.1) is 0 Å². The number of aromatic nitrogens is 1. The minimum atomic E-state index is -3.67. The average molecular weight is 450 g/mol. The number of benzene rings is 4. The standard InChI is InChI=1S/C25H18ClFNPS/c26-29(20-10-4-1-5-11-20,21-12-6-2-7-13-21,22-14-8-3-9-15-22)25-28-23-18-19(27)16-17-24(23)30-25/h1-18H. The molecular formula is C25H18ClFNPS. The molecule has 0 aliphatic carbocycles. The topological polar surface area (TPSA) is 12.9 Å². The van der Waals surface area contributed by atoms with Gasteiger partial charge in [0.05, 0.1) is 0 Å². The Morgan fingerprint density at radius 2 is 1.13 bits per heavy atom. The van der Waals surface area contributed by atoms with E-state index in [-0.39, 0.29) is 5.82 Å². The van der Waals surface area contributed by atoms with Gasteiger partial charge < -0.3 is 0 Å². The molecule has 0 radical (unpaired) electrons. The molecule has 30 heavy (non-hydrogen) atoms. The van der Waals surface area contributed by atoms with Crippen molar-refractivity contribution in [3.05, 3.63) is 115 Å². The van der Waals surface area contributed by atoms with Crippen molar-refractivity contribution in [1.29, 1.82) is 0 Å². The second-order valence-electron chi connectivity index (χ2n) is 7.12. The summed E-state index contributed by atoms with van der Waals surface area (Å²) in [5.41, 5.74) is 0.632. The summed E-state index contributed by atoms with van der Waals surface area (Å²) in [6.07, 6.45) is 0. The first kappa shape index (κ1) is 19.4. The van der Waals surface area contributed by atoms with Gasteiger partial charge in [0.2, 0.25) is 0 Å². The van der Waals surface area contributed by atoms with Gasteiger partial charge in [0, 0.05) is 0 Å². The van der Waals surface area contributed by atoms with Gasteiger partial charge in [0.25, 0.3) is 0 Å². The Labute approximate surface area is 183 Å². The first-order chi connectivity index (χ1) is 14.6. The molecule has 0 unspecified atom stereocenters. The summed E-state index contributed by atoms with van der Waals surface area (Å²) < 4.78 is 15.7. The predicted octanol–water partition coefficient (Wildman–Crippen LogP) is 5.74. The third-order valence-electron chi connectivity index (χ3n) is 5.42. The van der Waals surface area contributed by atoms with Crippen molar-refractivity contribution < 1.29 is 4.39 Å². The van der Waals surface area contributed by atoms with Crippen LogP contribution in [0.15, 0.2) is 109 Å². The average Bonchev–Trinajstić information content (AvgIpc) is 3.24. The third-order valence-corrected chi connectivity index (χ3v) is 14.8. The summed E-state index contributed by atoms with van der Waals surface area (Å²) >= 11 is 9.64. The Morgan fingerprint density at radius 1 is 0.667 bits per heavy atom. The number of nitrogens with zero attached hydrogens (tertiary/aromatic N) is 1. The van der Waals surface area contributed by atoms with Crippen molar-refractivity contribution in [2.24, 2.45) is 0 Å². The fourth-order valence-electron chi connectivity index (χ4n) is 3.97. The SMILES string of the molecule is Fc1ccc2sc(P(Cl)(c3ccccc3)(c3ccccc3)c3ccccc3)nc2c1. The van der Waals surface area contributed by atoms with Crippen LogP contribution < -0.4 is 20.7 Å². The van der Waals surface area contributed by atoms with Gasteiger partial charge in [0.15, 0.2) is 0 Å². The zero-order valence-corrected chi connectivity index (χ0v) is 18.4. The van der Waals surface area contributed by atoms with E-state index in [2.05, 4.69) is 36.4 Å². The first-order valence-corrected chi connectivity index (χ1v) is 13.5. The molecule has 5 rings (SSSR count). The van der Waals surface area contributed by atoms with Crippen LogP contribution in [0.25, 0.3) is 10.2 Å². The fraction of sp³-hybridized carbons (Fsp3) is 0. The number of hydrogen-bond donors (Lipinski definition) is 0. The Bertz CT molecular complexity index is 1220. The van der Waals surface area contributed by atoms with Crippen molar-refractivity contribution in [2.75, 3.05) is 0 Å². The number of rotatable bonds is 4. The van der Waals surface area contributed by atoms with Gasteiger partial charge in [-0.3, -0.25) is 0 Å². The summed E-state index contributed by atoms with van der Waals surface area (Å²) in [5, 5.41) is 3.05. The van der Waals surface area contributed by atoms with Crippen LogP contribution in [0.5, 0.6) is 0 Å². The van der Waals surface area contributed by atoms with Gasteiger partial charge in [0.1, 0.15) is 0 Å². The van der Waals surface area contributed by atoms with Crippen LogP contribution in [0.4, 0.5) is 4.39 Å². The molecule has 5 aromatic rings. The van der Waals surface area contributed by atoms with Gasteiger partial charge in [-0.05, 0) is 0 Å². The summed E-state index contributed by atoms with van der Waals surface area (Å²) in [5.74, 6) is -3.96. The van der Waals surface area contributed by atoms with Gasteiger partial charge in [-0.25, -0.2) is 0 Å². The molecule has 0 bridgehead atoms. The molecule has 1 heterocycles. The molecule has 0 spiro atoms. The number of fused-ring (bicyclic) bond motifs is 1. The van der Waals surface area contributed by atoms with E-state index in [1.54, 1.807) is 17.4 Å². The van der Waals surface area contributed by atoms with E-state index in [1.807, 2.05) is 54.6 Å². The fourth-order valence-corrected chi connectivity index (χ4v) is 12.1. The van der Waals surface area contributed by atoms with Crippen LogP contribution in [0.2, 0.25) is 0 Å². The molecule has 0 saturated carbocycles. The molecule has 4 aromatic carbocycles. The van der Waals surface area contributed by atoms with Crippen molar-refractivity contribution in [2.45, 2.75) is 0 Å².